The number of fused-ring (bicyclic) bond motifs is 1. The van der Waals surface area contributed by atoms with Gasteiger partial charge < -0.3 is 10.2 Å². The van der Waals surface area contributed by atoms with Crippen molar-refractivity contribution in [3.8, 4) is 0 Å². The molecule has 6 nitrogen and oxygen atoms in total. The molecule has 168 valence electrons. The van der Waals surface area contributed by atoms with Crippen molar-refractivity contribution in [3.05, 3.63) is 95.0 Å². The molecular weight excluding hydrogens is 412 g/mol. The number of rotatable bonds is 7. The van der Waals surface area contributed by atoms with Gasteiger partial charge in [-0.2, -0.15) is 0 Å². The van der Waals surface area contributed by atoms with Crippen molar-refractivity contribution in [1.29, 1.82) is 0 Å². The Morgan fingerprint density at radius 2 is 1.67 bits per heavy atom. The fraction of sp³-hybridized carbons (Fsp3) is 0.222. The van der Waals surface area contributed by atoms with E-state index in [4.69, 9.17) is 0 Å². The molecule has 0 spiro atoms. The molecule has 0 saturated heterocycles. The molecule has 0 unspecified atom stereocenters. The Labute approximate surface area is 193 Å². The lowest BCUT2D eigenvalue weighted by Crippen LogP contribution is -2.38. The highest BCUT2D eigenvalue weighted by atomic mass is 16.2. The minimum Gasteiger partial charge on any atom is -0.356 e. The summed E-state index contributed by atoms with van der Waals surface area (Å²) in [4.78, 5) is 32.2. The van der Waals surface area contributed by atoms with Crippen LogP contribution in [0.15, 0.2) is 83.9 Å². The second-order valence-corrected chi connectivity index (χ2v) is 8.36. The van der Waals surface area contributed by atoms with E-state index in [-0.39, 0.29) is 30.5 Å². The van der Waals surface area contributed by atoms with E-state index in [1.165, 1.54) is 10.9 Å². The molecule has 4 rings (SSSR count). The molecular formula is C27H28N4O2. The van der Waals surface area contributed by atoms with E-state index in [1.807, 2.05) is 87.5 Å². The number of aromatic nitrogens is 2. The quantitative estimate of drug-likeness (QED) is 0.425. The molecule has 1 aromatic heterocycles. The van der Waals surface area contributed by atoms with Gasteiger partial charge in [-0.05, 0) is 68.8 Å². The van der Waals surface area contributed by atoms with E-state index in [0.717, 1.165) is 22.6 Å². The van der Waals surface area contributed by atoms with Crippen molar-refractivity contribution < 1.29 is 4.79 Å². The zero-order chi connectivity index (χ0) is 23.4. The lowest BCUT2D eigenvalue weighted by molar-refractivity contribution is -0.119. The van der Waals surface area contributed by atoms with Gasteiger partial charge in [-0.15, -0.1) is 0 Å². The molecule has 1 heterocycles. The topological polar surface area (TPSA) is 67.2 Å². The fourth-order valence-corrected chi connectivity index (χ4v) is 3.96. The van der Waals surface area contributed by atoms with Crippen LogP contribution in [0, 0.1) is 6.92 Å². The first-order valence-electron chi connectivity index (χ1n) is 11.1. The van der Waals surface area contributed by atoms with Crippen molar-refractivity contribution in [2.24, 2.45) is 0 Å². The van der Waals surface area contributed by atoms with Crippen molar-refractivity contribution in [2.75, 3.05) is 10.2 Å². The molecule has 0 aliphatic heterocycles. The van der Waals surface area contributed by atoms with Gasteiger partial charge in [0.1, 0.15) is 0 Å². The highest BCUT2D eigenvalue weighted by Gasteiger charge is 2.19. The van der Waals surface area contributed by atoms with Crippen LogP contribution in [0.4, 0.5) is 17.1 Å². The number of para-hydroxylation sites is 2. The first-order chi connectivity index (χ1) is 15.9. The summed E-state index contributed by atoms with van der Waals surface area (Å²) < 4.78 is 1.52. The standard InChI is InChI=1S/C27H28N4O2/c1-19(2)31(23-14-12-22(13-15-23)29-21-9-5-4-6-10-21)25(32)16-17-30-18-28-26-20(3)8-7-11-24(26)27(30)33/h4-15,18-19,29H,16-17H2,1-3H3. The Hall–Kier alpha value is -3.93. The number of nitrogens with zero attached hydrogens (tertiary/aromatic N) is 3. The maximum atomic E-state index is 13.1. The van der Waals surface area contributed by atoms with Crippen LogP contribution in [0.25, 0.3) is 10.9 Å². The van der Waals surface area contributed by atoms with Crippen molar-refractivity contribution in [1.82, 2.24) is 9.55 Å². The van der Waals surface area contributed by atoms with E-state index < -0.39 is 0 Å². The molecule has 0 radical (unpaired) electrons. The molecule has 4 aromatic rings. The van der Waals surface area contributed by atoms with E-state index in [0.29, 0.717) is 10.9 Å². The molecule has 1 amide bonds. The lowest BCUT2D eigenvalue weighted by Gasteiger charge is -2.27. The maximum absolute atomic E-state index is 13.1. The van der Waals surface area contributed by atoms with Crippen molar-refractivity contribution in [2.45, 2.75) is 39.8 Å². The highest BCUT2D eigenvalue weighted by molar-refractivity contribution is 5.94. The summed E-state index contributed by atoms with van der Waals surface area (Å²) in [5.41, 5.74) is 4.33. The first kappa shape index (κ1) is 22.3. The third-order valence-corrected chi connectivity index (χ3v) is 5.61. The average molecular weight is 441 g/mol. The molecule has 0 atom stereocenters. The lowest BCUT2D eigenvalue weighted by atomic mass is 10.1. The van der Waals surface area contributed by atoms with Crippen LogP contribution in [0.3, 0.4) is 0 Å². The molecule has 0 saturated carbocycles. The second kappa shape index (κ2) is 9.69. The van der Waals surface area contributed by atoms with Crippen molar-refractivity contribution in [3.63, 3.8) is 0 Å². The van der Waals surface area contributed by atoms with Crippen LogP contribution in [0.2, 0.25) is 0 Å². The zero-order valence-electron chi connectivity index (χ0n) is 19.2. The van der Waals surface area contributed by atoms with Crippen LogP contribution in [-0.4, -0.2) is 21.5 Å². The third-order valence-electron chi connectivity index (χ3n) is 5.61. The van der Waals surface area contributed by atoms with E-state index in [2.05, 4.69) is 10.3 Å². The van der Waals surface area contributed by atoms with E-state index in [9.17, 15) is 9.59 Å². The number of anilines is 3. The van der Waals surface area contributed by atoms with Gasteiger partial charge in [0.25, 0.3) is 5.56 Å². The third kappa shape index (κ3) is 4.95. The largest absolute Gasteiger partial charge is 0.356 e. The van der Waals surface area contributed by atoms with Gasteiger partial charge in [-0.1, -0.05) is 30.3 Å². The summed E-state index contributed by atoms with van der Waals surface area (Å²) >= 11 is 0. The molecule has 1 N–H and O–H groups in total. The Bertz CT molecular complexity index is 1310. The molecule has 3 aromatic carbocycles. The van der Waals surface area contributed by atoms with E-state index in [1.54, 1.807) is 11.0 Å². The maximum Gasteiger partial charge on any atom is 0.261 e. The number of hydrogen-bond donors (Lipinski definition) is 1. The Morgan fingerprint density at radius 3 is 2.36 bits per heavy atom. The van der Waals surface area contributed by atoms with Gasteiger partial charge in [-0.3, -0.25) is 14.2 Å². The summed E-state index contributed by atoms with van der Waals surface area (Å²) in [6.45, 7) is 6.19. The van der Waals surface area contributed by atoms with Crippen LogP contribution in [-0.2, 0) is 11.3 Å². The Kier molecular flexibility index (Phi) is 6.54. The second-order valence-electron chi connectivity index (χ2n) is 8.36. The fourth-order valence-electron chi connectivity index (χ4n) is 3.96. The number of aryl methyl sites for hydroxylation is 2. The minimum atomic E-state index is -0.121. The molecule has 0 bridgehead atoms. The van der Waals surface area contributed by atoms with E-state index >= 15 is 0 Å². The summed E-state index contributed by atoms with van der Waals surface area (Å²) in [5.74, 6) is -0.0370. The first-order valence-corrected chi connectivity index (χ1v) is 11.1. The summed E-state index contributed by atoms with van der Waals surface area (Å²) in [6.07, 6.45) is 1.75. The van der Waals surface area contributed by atoms with Crippen LogP contribution >= 0.6 is 0 Å². The molecule has 6 heteroatoms. The van der Waals surface area contributed by atoms with Gasteiger partial charge in [0, 0.05) is 36.1 Å². The number of nitrogens with one attached hydrogen (secondary N) is 1. The van der Waals surface area contributed by atoms with Gasteiger partial charge >= 0.3 is 0 Å². The molecule has 0 aliphatic carbocycles. The summed E-state index contributed by atoms with van der Waals surface area (Å²) in [5, 5.41) is 3.93. The number of benzene rings is 3. The summed E-state index contributed by atoms with van der Waals surface area (Å²) in [6, 6.07) is 23.3. The normalized spacial score (nSPS) is 11.0. The Morgan fingerprint density at radius 1 is 0.970 bits per heavy atom. The van der Waals surface area contributed by atoms with Crippen LogP contribution < -0.4 is 15.8 Å². The smallest absolute Gasteiger partial charge is 0.261 e. The summed E-state index contributed by atoms with van der Waals surface area (Å²) in [7, 11) is 0. The van der Waals surface area contributed by atoms with Crippen molar-refractivity contribution >= 4 is 33.9 Å². The highest BCUT2D eigenvalue weighted by Crippen LogP contribution is 2.23. The average Bonchev–Trinajstić information content (AvgIpc) is 2.81. The van der Waals surface area contributed by atoms with Gasteiger partial charge in [0.05, 0.1) is 17.2 Å². The van der Waals surface area contributed by atoms with Gasteiger partial charge in [-0.25, -0.2) is 4.98 Å². The van der Waals surface area contributed by atoms with Crippen LogP contribution in [0.5, 0.6) is 0 Å². The predicted molar refractivity (Wildman–Crippen MR) is 134 cm³/mol. The monoisotopic (exact) mass is 440 g/mol. The minimum absolute atomic E-state index is 0.0143. The van der Waals surface area contributed by atoms with Gasteiger partial charge in [0.15, 0.2) is 0 Å². The Balaban J connectivity index is 1.48. The SMILES string of the molecule is Cc1cccc2c(=O)n(CCC(=O)N(c3ccc(Nc4ccccc4)cc3)C(C)C)cnc12. The number of carbonyl (C=O) groups excluding carboxylic acids is 1. The molecule has 0 aliphatic rings. The number of carbonyl (C=O) groups is 1. The zero-order valence-corrected chi connectivity index (χ0v) is 19.2. The molecule has 0 fully saturated rings. The van der Waals surface area contributed by atoms with Gasteiger partial charge in [0.2, 0.25) is 5.91 Å². The predicted octanol–water partition coefficient (Wildman–Crippen LogP) is 5.28. The number of amides is 1. The van der Waals surface area contributed by atoms with Crippen LogP contribution in [0.1, 0.15) is 25.8 Å². The number of hydrogen-bond acceptors (Lipinski definition) is 4. The molecule has 33 heavy (non-hydrogen) atoms.